The van der Waals surface area contributed by atoms with Crippen molar-refractivity contribution < 1.29 is 9.68 Å². The molecular formula is C40H76N6O2. The van der Waals surface area contributed by atoms with Crippen LogP contribution in [0.1, 0.15) is 179 Å². The lowest BCUT2D eigenvalue weighted by molar-refractivity contribution is -0.315. The van der Waals surface area contributed by atoms with Crippen molar-refractivity contribution in [3.05, 3.63) is 0 Å². The fourth-order valence-corrected chi connectivity index (χ4v) is 9.74. The van der Waals surface area contributed by atoms with Crippen molar-refractivity contribution in [2.24, 2.45) is 9.98 Å². The molecule has 0 aromatic carbocycles. The summed E-state index contributed by atoms with van der Waals surface area (Å²) in [6.45, 7) is 27.7. The molecule has 278 valence electrons. The number of hydrogen-bond acceptors (Lipinski definition) is 6. The monoisotopic (exact) mass is 673 g/mol. The second-order valence-corrected chi connectivity index (χ2v) is 19.0. The van der Waals surface area contributed by atoms with Gasteiger partial charge in [-0.1, -0.05) is 45.4 Å². The Morgan fingerprint density at radius 2 is 1.04 bits per heavy atom. The first-order valence-corrected chi connectivity index (χ1v) is 19.7. The van der Waals surface area contributed by atoms with Crippen molar-refractivity contribution in [2.75, 3.05) is 14.1 Å². The Labute approximate surface area is 296 Å². The fourth-order valence-electron chi connectivity index (χ4n) is 9.74. The highest BCUT2D eigenvalue weighted by Gasteiger charge is 2.51. The standard InChI is InChI=1S/C40H76N6O2/c1-15-40(12,44(14)32-28-38(8,9)46(39(10,11)29-32)48-34-24-20-17-21-25-34)42-35(41-30(2)3)43(13)31-26-36(4,5)45(37(6,7)27-31)47-33-22-18-16-19-23-33/h31-34H,15-29H2,1-14H3/b42-35+/t40-/m0/s1. The second-order valence-electron chi connectivity index (χ2n) is 19.0. The summed E-state index contributed by atoms with van der Waals surface area (Å²) in [6, 6.07) is 0.665. The lowest BCUT2D eigenvalue weighted by Gasteiger charge is -2.57. The van der Waals surface area contributed by atoms with Gasteiger partial charge in [0.2, 0.25) is 5.96 Å². The number of aliphatic imine (C=N–C) groups is 2. The van der Waals surface area contributed by atoms with Gasteiger partial charge in [0.1, 0.15) is 5.66 Å². The molecule has 1 atom stereocenters. The van der Waals surface area contributed by atoms with Crippen LogP contribution in [-0.2, 0) is 9.68 Å². The summed E-state index contributed by atoms with van der Waals surface area (Å²) in [5.41, 5.74) is 0.252. The van der Waals surface area contributed by atoms with Crippen molar-refractivity contribution in [2.45, 2.75) is 232 Å². The highest BCUT2D eigenvalue weighted by Crippen LogP contribution is 2.45. The highest BCUT2D eigenvalue weighted by atomic mass is 16.7. The predicted molar refractivity (Wildman–Crippen MR) is 202 cm³/mol. The van der Waals surface area contributed by atoms with Crippen LogP contribution in [0.25, 0.3) is 0 Å². The van der Waals surface area contributed by atoms with Gasteiger partial charge in [0, 0.05) is 47.0 Å². The molecule has 8 heteroatoms. The van der Waals surface area contributed by atoms with Gasteiger partial charge in [-0.3, -0.25) is 14.6 Å². The summed E-state index contributed by atoms with van der Waals surface area (Å²) in [5.74, 6) is 0.848. The van der Waals surface area contributed by atoms with Gasteiger partial charge in [-0.05, 0) is 141 Å². The SMILES string of the molecule is CC[C@@](C)(/N=C(\N=C(C)C)N(C)C1CC(C)(C)N(OC2CCCCC2)C(C)(C)C1)N(C)C1CC(C)(C)N(OC2CCCCC2)C(C)(C)C1. The molecule has 2 aliphatic carbocycles. The Morgan fingerprint density at radius 1 is 0.667 bits per heavy atom. The first kappa shape index (κ1) is 39.7. The molecule has 0 N–H and O–H groups in total. The van der Waals surface area contributed by atoms with Crippen LogP contribution in [0.4, 0.5) is 0 Å². The highest BCUT2D eigenvalue weighted by molar-refractivity contribution is 5.95. The van der Waals surface area contributed by atoms with Gasteiger partial charge in [-0.25, -0.2) is 9.98 Å². The molecule has 0 radical (unpaired) electrons. The summed E-state index contributed by atoms with van der Waals surface area (Å²) in [6.07, 6.45) is 18.2. The summed E-state index contributed by atoms with van der Waals surface area (Å²) < 4.78 is 0. The maximum absolute atomic E-state index is 6.84. The van der Waals surface area contributed by atoms with E-state index in [-0.39, 0.29) is 22.2 Å². The zero-order valence-electron chi connectivity index (χ0n) is 33.9. The Hall–Kier alpha value is -1.06. The number of rotatable bonds is 9. The van der Waals surface area contributed by atoms with E-state index in [1.807, 2.05) is 0 Å². The maximum Gasteiger partial charge on any atom is 0.222 e. The molecule has 2 aliphatic heterocycles. The Kier molecular flexibility index (Phi) is 12.6. The zero-order chi connectivity index (χ0) is 35.7. The Morgan fingerprint density at radius 3 is 1.40 bits per heavy atom. The van der Waals surface area contributed by atoms with E-state index in [9.17, 15) is 0 Å². The van der Waals surface area contributed by atoms with Crippen molar-refractivity contribution >= 4 is 11.7 Å². The smallest absolute Gasteiger partial charge is 0.222 e. The van der Waals surface area contributed by atoms with Crippen molar-refractivity contribution in [1.29, 1.82) is 0 Å². The molecule has 2 saturated carbocycles. The summed E-state index contributed by atoms with van der Waals surface area (Å²) >= 11 is 0. The maximum atomic E-state index is 6.84. The van der Waals surface area contributed by atoms with Crippen molar-refractivity contribution in [3.63, 3.8) is 0 Å². The molecule has 4 aliphatic rings. The average molecular weight is 673 g/mol. The number of nitrogens with zero attached hydrogens (tertiary/aromatic N) is 6. The minimum atomic E-state index is -0.401. The van der Waals surface area contributed by atoms with E-state index in [0.29, 0.717) is 24.3 Å². The number of guanidine groups is 1. The number of hydrogen-bond donors (Lipinski definition) is 0. The number of piperidine rings is 2. The van der Waals surface area contributed by atoms with Crippen LogP contribution in [0.5, 0.6) is 0 Å². The van der Waals surface area contributed by atoms with E-state index in [2.05, 4.69) is 117 Å². The average Bonchev–Trinajstić information content (AvgIpc) is 2.99. The van der Waals surface area contributed by atoms with E-state index < -0.39 is 5.66 Å². The quantitative estimate of drug-likeness (QED) is 0.180. The van der Waals surface area contributed by atoms with Crippen LogP contribution in [-0.4, -0.2) is 97.8 Å². The fraction of sp³-hybridized carbons (Fsp3) is 0.950. The van der Waals surface area contributed by atoms with Crippen LogP contribution in [0.3, 0.4) is 0 Å². The molecule has 0 unspecified atom stereocenters. The van der Waals surface area contributed by atoms with Crippen LogP contribution in [0.15, 0.2) is 9.98 Å². The van der Waals surface area contributed by atoms with E-state index in [0.717, 1.165) is 43.8 Å². The number of hydroxylamine groups is 4. The van der Waals surface area contributed by atoms with Crippen LogP contribution in [0.2, 0.25) is 0 Å². The van der Waals surface area contributed by atoms with Gasteiger partial charge in [-0.2, -0.15) is 10.1 Å². The molecule has 8 nitrogen and oxygen atoms in total. The summed E-state index contributed by atoms with van der Waals surface area (Å²) in [5, 5.41) is 4.74. The molecule has 0 aromatic heterocycles. The molecule has 4 rings (SSSR count). The largest absolute Gasteiger partial charge is 0.341 e. The van der Waals surface area contributed by atoms with Crippen LogP contribution < -0.4 is 0 Å². The van der Waals surface area contributed by atoms with Crippen molar-refractivity contribution in [1.82, 2.24) is 19.9 Å². The van der Waals surface area contributed by atoms with Gasteiger partial charge < -0.3 is 4.90 Å². The molecule has 0 spiro atoms. The normalized spacial score (nSPS) is 27.9. The third-order valence-corrected chi connectivity index (χ3v) is 12.3. The lowest BCUT2D eigenvalue weighted by Crippen LogP contribution is -2.66. The van der Waals surface area contributed by atoms with E-state index in [4.69, 9.17) is 19.7 Å². The minimum Gasteiger partial charge on any atom is -0.341 e. The third-order valence-electron chi connectivity index (χ3n) is 12.3. The summed E-state index contributed by atoms with van der Waals surface area (Å²) in [4.78, 5) is 29.4. The van der Waals surface area contributed by atoms with Crippen LogP contribution in [0, 0.1) is 0 Å². The molecule has 48 heavy (non-hydrogen) atoms. The summed E-state index contributed by atoms with van der Waals surface area (Å²) in [7, 11) is 4.53. The van der Waals surface area contributed by atoms with E-state index in [1.54, 1.807) is 0 Å². The van der Waals surface area contributed by atoms with Crippen LogP contribution >= 0.6 is 0 Å². The Balaban J connectivity index is 1.56. The first-order chi connectivity index (χ1) is 22.2. The van der Waals surface area contributed by atoms with Crippen molar-refractivity contribution in [3.8, 4) is 0 Å². The van der Waals surface area contributed by atoms with E-state index >= 15 is 0 Å². The molecule has 0 amide bonds. The molecule has 0 aromatic rings. The van der Waals surface area contributed by atoms with E-state index in [1.165, 1.54) is 64.2 Å². The Bertz CT molecular complexity index is 1080. The second kappa shape index (κ2) is 15.3. The molecule has 2 heterocycles. The van der Waals surface area contributed by atoms with Gasteiger partial charge in [-0.15, -0.1) is 0 Å². The first-order valence-electron chi connectivity index (χ1n) is 19.7. The zero-order valence-corrected chi connectivity index (χ0v) is 33.9. The molecule has 4 fully saturated rings. The van der Waals surface area contributed by atoms with Gasteiger partial charge >= 0.3 is 0 Å². The predicted octanol–water partition coefficient (Wildman–Crippen LogP) is 9.38. The molecule has 2 saturated heterocycles. The van der Waals surface area contributed by atoms with Gasteiger partial charge in [0.25, 0.3) is 0 Å². The minimum absolute atomic E-state index is 0.0842. The lowest BCUT2D eigenvalue weighted by atomic mass is 9.77. The van der Waals surface area contributed by atoms with Gasteiger partial charge in [0.05, 0.1) is 12.2 Å². The third kappa shape index (κ3) is 9.23. The van der Waals surface area contributed by atoms with Gasteiger partial charge in [0.15, 0.2) is 0 Å². The topological polar surface area (TPSA) is 56.1 Å². The molecule has 0 bridgehead atoms. The molecular weight excluding hydrogens is 596 g/mol.